The first-order valence-corrected chi connectivity index (χ1v) is 8.27. The quantitative estimate of drug-likeness (QED) is 0.911. The van der Waals surface area contributed by atoms with Crippen LogP contribution in [-0.4, -0.2) is 23.8 Å². The molecule has 0 spiro atoms. The summed E-state index contributed by atoms with van der Waals surface area (Å²) >= 11 is 0. The number of nitrogens with zero attached hydrogens (tertiary/aromatic N) is 1. The smallest absolute Gasteiger partial charge is 0.0483 e. The fraction of sp³-hybridized carbons (Fsp3) is 0.556. The molecule has 1 saturated heterocycles. The van der Waals surface area contributed by atoms with Crippen molar-refractivity contribution in [3.05, 3.63) is 36.0 Å². The molecule has 3 heteroatoms. The maximum atomic E-state index is 5.47. The van der Waals surface area contributed by atoms with E-state index in [1.807, 2.05) is 0 Å². The first-order chi connectivity index (χ1) is 10.4. The van der Waals surface area contributed by atoms with Crippen LogP contribution in [0.25, 0.3) is 10.9 Å². The summed E-state index contributed by atoms with van der Waals surface area (Å²) in [5.74, 6) is 0.766. The minimum atomic E-state index is 0.766. The zero-order valence-electron chi connectivity index (χ0n) is 12.6. The van der Waals surface area contributed by atoms with Crippen LogP contribution in [0.2, 0.25) is 0 Å². The molecule has 1 N–H and O–H groups in total. The van der Waals surface area contributed by atoms with Gasteiger partial charge in [-0.15, -0.1) is 0 Å². The average Bonchev–Trinajstić information content (AvgIpc) is 3.28. The third-order valence-electron chi connectivity index (χ3n) is 4.81. The molecule has 2 aromatic rings. The van der Waals surface area contributed by atoms with Gasteiger partial charge in [-0.05, 0) is 54.7 Å². The van der Waals surface area contributed by atoms with Crippen molar-refractivity contribution < 1.29 is 4.74 Å². The Morgan fingerprint density at radius 2 is 1.95 bits per heavy atom. The van der Waals surface area contributed by atoms with E-state index in [1.165, 1.54) is 42.1 Å². The summed E-state index contributed by atoms with van der Waals surface area (Å²) in [4.78, 5) is 0. The monoisotopic (exact) mass is 284 g/mol. The molecule has 2 aliphatic rings. The molecule has 2 heterocycles. The molecular weight excluding hydrogens is 260 g/mol. The van der Waals surface area contributed by atoms with E-state index >= 15 is 0 Å². The lowest BCUT2D eigenvalue weighted by molar-refractivity contribution is 0.0616. The van der Waals surface area contributed by atoms with Gasteiger partial charge >= 0.3 is 0 Å². The standard InChI is InChI=1S/C18H24N2O/c1-2-16-5-8-20(13-14-6-9-21-10-7-14)18(16)11-15(1)12-19-17-3-4-17/h1-2,5,8,11,14,17,19H,3-4,6-7,9-10,12-13H2. The number of benzene rings is 1. The Hall–Kier alpha value is -1.32. The third-order valence-corrected chi connectivity index (χ3v) is 4.81. The van der Waals surface area contributed by atoms with Crippen LogP contribution in [0.3, 0.4) is 0 Å². The molecular formula is C18H24N2O. The average molecular weight is 284 g/mol. The van der Waals surface area contributed by atoms with Crippen LogP contribution in [0.15, 0.2) is 30.5 Å². The van der Waals surface area contributed by atoms with E-state index in [-0.39, 0.29) is 0 Å². The lowest BCUT2D eigenvalue weighted by Crippen LogP contribution is -2.20. The number of hydrogen-bond donors (Lipinski definition) is 1. The van der Waals surface area contributed by atoms with E-state index in [4.69, 9.17) is 4.74 Å². The van der Waals surface area contributed by atoms with Gasteiger partial charge in [-0.1, -0.05) is 12.1 Å². The predicted octanol–water partition coefficient (Wildman–Crippen LogP) is 3.32. The Balaban J connectivity index is 1.51. The molecule has 21 heavy (non-hydrogen) atoms. The molecule has 1 aromatic heterocycles. The van der Waals surface area contributed by atoms with E-state index < -0.39 is 0 Å². The Morgan fingerprint density at radius 3 is 2.76 bits per heavy atom. The molecule has 1 aliphatic carbocycles. The first kappa shape index (κ1) is 13.4. The van der Waals surface area contributed by atoms with Crippen molar-refractivity contribution in [2.45, 2.75) is 44.8 Å². The number of rotatable bonds is 5. The number of ether oxygens (including phenoxy) is 1. The fourth-order valence-corrected chi connectivity index (χ4v) is 3.26. The lowest BCUT2D eigenvalue weighted by atomic mass is 10.0. The highest BCUT2D eigenvalue weighted by Crippen LogP contribution is 2.24. The maximum Gasteiger partial charge on any atom is 0.0483 e. The summed E-state index contributed by atoms with van der Waals surface area (Å²) in [5, 5.41) is 4.96. The van der Waals surface area contributed by atoms with E-state index in [9.17, 15) is 0 Å². The Bertz CT molecular complexity index is 609. The number of nitrogens with one attached hydrogen (secondary N) is 1. The van der Waals surface area contributed by atoms with Gasteiger partial charge in [0.1, 0.15) is 0 Å². The van der Waals surface area contributed by atoms with Gasteiger partial charge in [0.15, 0.2) is 0 Å². The molecule has 0 amide bonds. The highest BCUT2D eigenvalue weighted by atomic mass is 16.5. The molecule has 4 rings (SSSR count). The molecule has 3 nitrogen and oxygen atoms in total. The largest absolute Gasteiger partial charge is 0.381 e. The second-order valence-corrected chi connectivity index (χ2v) is 6.57. The highest BCUT2D eigenvalue weighted by molar-refractivity contribution is 5.80. The van der Waals surface area contributed by atoms with Crippen LogP contribution < -0.4 is 5.32 Å². The second-order valence-electron chi connectivity index (χ2n) is 6.57. The van der Waals surface area contributed by atoms with Crippen LogP contribution in [0, 0.1) is 5.92 Å². The molecule has 1 saturated carbocycles. The minimum Gasteiger partial charge on any atom is -0.381 e. The van der Waals surface area contributed by atoms with Gasteiger partial charge < -0.3 is 14.6 Å². The first-order valence-electron chi connectivity index (χ1n) is 8.27. The molecule has 0 atom stereocenters. The van der Waals surface area contributed by atoms with Crippen molar-refractivity contribution in [2.24, 2.45) is 5.92 Å². The predicted molar refractivity (Wildman–Crippen MR) is 85.3 cm³/mol. The summed E-state index contributed by atoms with van der Waals surface area (Å²) in [6.07, 6.45) is 7.34. The van der Waals surface area contributed by atoms with E-state index in [1.54, 1.807) is 0 Å². The molecule has 1 aromatic carbocycles. The van der Waals surface area contributed by atoms with Gasteiger partial charge in [-0.3, -0.25) is 0 Å². The van der Waals surface area contributed by atoms with E-state index in [2.05, 4.69) is 40.3 Å². The Kier molecular flexibility index (Phi) is 3.70. The number of hydrogen-bond acceptors (Lipinski definition) is 2. The molecule has 0 radical (unpaired) electrons. The van der Waals surface area contributed by atoms with Crippen LogP contribution in [0.5, 0.6) is 0 Å². The van der Waals surface area contributed by atoms with Crippen LogP contribution >= 0.6 is 0 Å². The summed E-state index contributed by atoms with van der Waals surface area (Å²) in [5.41, 5.74) is 2.79. The zero-order chi connectivity index (χ0) is 14.1. The van der Waals surface area contributed by atoms with Gasteiger partial charge in [0.2, 0.25) is 0 Å². The molecule has 1 aliphatic heterocycles. The van der Waals surface area contributed by atoms with E-state index in [0.717, 1.165) is 38.3 Å². The summed E-state index contributed by atoms with van der Waals surface area (Å²) < 4.78 is 7.90. The van der Waals surface area contributed by atoms with Crippen LogP contribution in [0.4, 0.5) is 0 Å². The van der Waals surface area contributed by atoms with Crippen LogP contribution in [-0.2, 0) is 17.8 Å². The Labute approximate surface area is 126 Å². The molecule has 112 valence electrons. The molecule has 2 fully saturated rings. The summed E-state index contributed by atoms with van der Waals surface area (Å²) in [6, 6.07) is 9.90. The van der Waals surface area contributed by atoms with E-state index in [0.29, 0.717) is 0 Å². The molecule has 0 unspecified atom stereocenters. The fourth-order valence-electron chi connectivity index (χ4n) is 3.26. The third kappa shape index (κ3) is 3.14. The SMILES string of the molecule is c1cc2ccn(CC3CCOCC3)c2cc1CNC1CC1. The van der Waals surface area contributed by atoms with Gasteiger partial charge in [-0.25, -0.2) is 0 Å². The lowest BCUT2D eigenvalue weighted by Gasteiger charge is -2.22. The van der Waals surface area contributed by atoms with Crippen molar-refractivity contribution in [2.75, 3.05) is 13.2 Å². The van der Waals surface area contributed by atoms with Crippen molar-refractivity contribution in [3.8, 4) is 0 Å². The zero-order valence-corrected chi connectivity index (χ0v) is 12.6. The minimum absolute atomic E-state index is 0.766. The summed E-state index contributed by atoms with van der Waals surface area (Å²) in [6.45, 7) is 4.00. The normalized spacial score (nSPS) is 20.2. The van der Waals surface area contributed by atoms with Crippen molar-refractivity contribution in [1.29, 1.82) is 0 Å². The summed E-state index contributed by atoms with van der Waals surface area (Å²) in [7, 11) is 0. The van der Waals surface area contributed by atoms with Gasteiger partial charge in [0.25, 0.3) is 0 Å². The van der Waals surface area contributed by atoms with Gasteiger partial charge in [0, 0.05) is 44.1 Å². The molecule has 0 bridgehead atoms. The second kappa shape index (κ2) is 5.82. The number of fused-ring (bicyclic) bond motifs is 1. The maximum absolute atomic E-state index is 5.47. The van der Waals surface area contributed by atoms with Crippen LogP contribution in [0.1, 0.15) is 31.2 Å². The van der Waals surface area contributed by atoms with Gasteiger partial charge in [-0.2, -0.15) is 0 Å². The topological polar surface area (TPSA) is 26.2 Å². The van der Waals surface area contributed by atoms with Gasteiger partial charge in [0.05, 0.1) is 0 Å². The van der Waals surface area contributed by atoms with Crippen molar-refractivity contribution in [3.63, 3.8) is 0 Å². The number of aromatic nitrogens is 1. The highest BCUT2D eigenvalue weighted by Gasteiger charge is 2.20. The van der Waals surface area contributed by atoms with Crippen molar-refractivity contribution in [1.82, 2.24) is 9.88 Å². The van der Waals surface area contributed by atoms with Crippen molar-refractivity contribution >= 4 is 10.9 Å². The Morgan fingerprint density at radius 1 is 1.10 bits per heavy atom.